The largest absolute Gasteiger partial charge is 0.497 e. The van der Waals surface area contributed by atoms with Gasteiger partial charge in [-0.2, -0.15) is 0 Å². The van der Waals surface area contributed by atoms with E-state index in [1.807, 2.05) is 0 Å². The summed E-state index contributed by atoms with van der Waals surface area (Å²) in [6, 6.07) is 9.19. The molecule has 9 heteroatoms. The molecule has 166 valence electrons. The number of piperidine rings is 1. The molecular weight excluding hydrogens is 481 g/mol. The fraction of sp³-hybridized carbons (Fsp3) is 0.348. The van der Waals surface area contributed by atoms with Crippen LogP contribution in [-0.4, -0.2) is 33.0 Å². The van der Waals surface area contributed by atoms with Crippen molar-refractivity contribution < 1.29 is 18.7 Å². The molecule has 0 N–H and O–H groups in total. The molecule has 1 unspecified atom stereocenters. The average molecular weight is 502 g/mol. The van der Waals surface area contributed by atoms with Crippen molar-refractivity contribution in [1.29, 1.82) is 0 Å². The number of benzene rings is 2. The van der Waals surface area contributed by atoms with E-state index in [4.69, 9.17) is 4.74 Å². The summed E-state index contributed by atoms with van der Waals surface area (Å²) in [5, 5.41) is 0. The zero-order valence-electron chi connectivity index (χ0n) is 17.4. The van der Waals surface area contributed by atoms with Crippen molar-refractivity contribution in [1.82, 2.24) is 14.0 Å². The summed E-state index contributed by atoms with van der Waals surface area (Å²) in [5.41, 5.74) is 1.41. The van der Waals surface area contributed by atoms with Crippen LogP contribution in [0, 0.1) is 5.82 Å². The van der Waals surface area contributed by atoms with Crippen LogP contribution in [0.1, 0.15) is 43.3 Å². The Bertz CT molecular complexity index is 1290. The summed E-state index contributed by atoms with van der Waals surface area (Å²) in [7, 11) is 1.56. The number of hydrogen-bond donors (Lipinski definition) is 0. The number of carbonyl (C=O) groups excluding carboxylic acids is 2. The number of hydrogen-bond acceptors (Lipinski definition) is 4. The van der Waals surface area contributed by atoms with Gasteiger partial charge in [0.1, 0.15) is 17.6 Å². The van der Waals surface area contributed by atoms with Crippen LogP contribution in [0.2, 0.25) is 0 Å². The highest BCUT2D eigenvalue weighted by Crippen LogP contribution is 2.38. The average Bonchev–Trinajstić information content (AvgIpc) is 3.57. The summed E-state index contributed by atoms with van der Waals surface area (Å²) < 4.78 is 22.9. The number of methoxy groups -OCH3 is 1. The highest BCUT2D eigenvalue weighted by molar-refractivity contribution is 9.10. The van der Waals surface area contributed by atoms with Crippen LogP contribution in [-0.2, 0) is 16.1 Å². The number of aromatic nitrogens is 2. The first kappa shape index (κ1) is 20.9. The Morgan fingerprint density at radius 3 is 2.38 bits per heavy atom. The van der Waals surface area contributed by atoms with Crippen molar-refractivity contribution in [3.05, 3.63) is 62.7 Å². The number of nitrogens with zero attached hydrogens (tertiary/aromatic N) is 3. The Balaban J connectivity index is 1.55. The monoisotopic (exact) mass is 501 g/mol. The van der Waals surface area contributed by atoms with Crippen LogP contribution in [0.3, 0.4) is 0 Å². The second-order valence-electron chi connectivity index (χ2n) is 8.23. The van der Waals surface area contributed by atoms with E-state index in [-0.39, 0.29) is 41.5 Å². The predicted molar refractivity (Wildman–Crippen MR) is 119 cm³/mol. The Labute approximate surface area is 191 Å². The second-order valence-corrected chi connectivity index (χ2v) is 9.08. The van der Waals surface area contributed by atoms with E-state index in [0.29, 0.717) is 16.8 Å². The Morgan fingerprint density at radius 2 is 1.72 bits per heavy atom. The van der Waals surface area contributed by atoms with Gasteiger partial charge in [0, 0.05) is 18.5 Å². The molecule has 3 aromatic rings. The number of ether oxygens (including phenoxy) is 1. The van der Waals surface area contributed by atoms with E-state index in [9.17, 15) is 18.8 Å². The third kappa shape index (κ3) is 3.44. The van der Waals surface area contributed by atoms with Gasteiger partial charge in [0.25, 0.3) is 5.91 Å². The van der Waals surface area contributed by atoms with Gasteiger partial charge in [0.15, 0.2) is 0 Å². The molecule has 2 heterocycles. The van der Waals surface area contributed by atoms with E-state index in [2.05, 4.69) is 15.9 Å². The number of amides is 2. The fourth-order valence-electron chi connectivity index (χ4n) is 4.36. The van der Waals surface area contributed by atoms with Gasteiger partial charge < -0.3 is 4.74 Å². The molecule has 0 radical (unpaired) electrons. The smallest absolute Gasteiger partial charge is 0.330 e. The van der Waals surface area contributed by atoms with Crippen LogP contribution in [0.25, 0.3) is 11.0 Å². The molecule has 1 saturated heterocycles. The lowest BCUT2D eigenvalue weighted by molar-refractivity contribution is -0.151. The normalized spacial score (nSPS) is 19.1. The lowest BCUT2D eigenvalue weighted by atomic mass is 10.0. The molecule has 2 aliphatic rings. The number of rotatable bonds is 5. The van der Waals surface area contributed by atoms with Gasteiger partial charge in [-0.05, 0) is 59.0 Å². The Morgan fingerprint density at radius 1 is 1.03 bits per heavy atom. The van der Waals surface area contributed by atoms with Crippen LogP contribution in [0.15, 0.2) is 45.7 Å². The Hall–Kier alpha value is -2.94. The number of halogens is 2. The van der Waals surface area contributed by atoms with E-state index in [0.717, 1.165) is 18.4 Å². The number of likely N-dealkylation sites (tertiary alicyclic amines) is 1. The van der Waals surface area contributed by atoms with Crippen LogP contribution in [0.4, 0.5) is 4.39 Å². The van der Waals surface area contributed by atoms with Gasteiger partial charge in [-0.1, -0.05) is 12.1 Å². The number of imide groups is 1. The molecule has 0 spiro atoms. The Kier molecular flexibility index (Phi) is 5.16. The first-order valence-corrected chi connectivity index (χ1v) is 11.3. The summed E-state index contributed by atoms with van der Waals surface area (Å²) in [6.07, 6.45) is 2.08. The predicted octanol–water partition coefficient (Wildman–Crippen LogP) is 3.94. The van der Waals surface area contributed by atoms with Crippen molar-refractivity contribution >= 4 is 38.8 Å². The lowest BCUT2D eigenvalue weighted by Crippen LogP contribution is -2.47. The third-order valence-corrected chi connectivity index (χ3v) is 6.76. The molecule has 1 aliphatic carbocycles. The van der Waals surface area contributed by atoms with Gasteiger partial charge >= 0.3 is 5.69 Å². The van der Waals surface area contributed by atoms with Crippen molar-refractivity contribution in [3.63, 3.8) is 0 Å². The maximum Gasteiger partial charge on any atom is 0.330 e. The van der Waals surface area contributed by atoms with E-state index in [1.165, 1.54) is 15.5 Å². The van der Waals surface area contributed by atoms with E-state index < -0.39 is 17.8 Å². The van der Waals surface area contributed by atoms with Gasteiger partial charge in [0.2, 0.25) is 5.91 Å². The number of fused-ring (bicyclic) bond motifs is 1. The molecule has 0 bridgehead atoms. The second kappa shape index (κ2) is 7.88. The molecule has 5 rings (SSSR count). The number of carbonyl (C=O) groups is 2. The topological polar surface area (TPSA) is 73.5 Å². The summed E-state index contributed by atoms with van der Waals surface area (Å²) >= 11 is 3.20. The quantitative estimate of drug-likeness (QED) is 0.496. The van der Waals surface area contributed by atoms with E-state index >= 15 is 0 Å². The third-order valence-electron chi connectivity index (χ3n) is 6.16. The van der Waals surface area contributed by atoms with Gasteiger partial charge in [0.05, 0.1) is 29.2 Å². The minimum absolute atomic E-state index is 0.0549. The van der Waals surface area contributed by atoms with Gasteiger partial charge in [-0.15, -0.1) is 0 Å². The summed E-state index contributed by atoms with van der Waals surface area (Å²) in [4.78, 5) is 40.6. The van der Waals surface area contributed by atoms with Crippen molar-refractivity contribution in [3.8, 4) is 5.75 Å². The molecule has 1 saturated carbocycles. The van der Waals surface area contributed by atoms with Gasteiger partial charge in [-0.25, -0.2) is 9.18 Å². The maximum atomic E-state index is 14.4. The van der Waals surface area contributed by atoms with Crippen molar-refractivity contribution in [2.75, 3.05) is 7.11 Å². The minimum Gasteiger partial charge on any atom is -0.497 e. The highest BCUT2D eigenvalue weighted by Gasteiger charge is 2.39. The van der Waals surface area contributed by atoms with Crippen LogP contribution in [0.5, 0.6) is 5.75 Å². The molecule has 32 heavy (non-hydrogen) atoms. The van der Waals surface area contributed by atoms with Crippen LogP contribution >= 0.6 is 15.9 Å². The molecule has 1 atom stereocenters. The summed E-state index contributed by atoms with van der Waals surface area (Å²) in [6.45, 7) is 0.105. The van der Waals surface area contributed by atoms with Crippen LogP contribution < -0.4 is 10.4 Å². The molecular formula is C23H21BrFN3O4. The lowest BCUT2D eigenvalue weighted by Gasteiger charge is -2.31. The molecule has 7 nitrogen and oxygen atoms in total. The highest BCUT2D eigenvalue weighted by atomic mass is 79.9. The zero-order valence-corrected chi connectivity index (χ0v) is 19.0. The van der Waals surface area contributed by atoms with Crippen molar-refractivity contribution in [2.24, 2.45) is 0 Å². The van der Waals surface area contributed by atoms with Crippen molar-refractivity contribution in [2.45, 2.75) is 44.3 Å². The summed E-state index contributed by atoms with van der Waals surface area (Å²) in [5.74, 6) is -0.559. The molecule has 1 aliphatic heterocycles. The van der Waals surface area contributed by atoms with E-state index in [1.54, 1.807) is 42.0 Å². The first-order chi connectivity index (χ1) is 15.4. The SMILES string of the molecule is COc1ccc(CN2C(=O)CCC(n3c(=O)n(C4CC4)c4cc(Br)c(F)cc43)C2=O)cc1. The zero-order chi connectivity index (χ0) is 22.6. The molecule has 2 amide bonds. The first-order valence-electron chi connectivity index (χ1n) is 10.5. The standard InChI is InChI=1S/C23H21BrFN3O4/c1-32-15-6-2-13(3-7-15)12-26-21(29)9-8-18(22(26)30)28-20-11-17(25)16(24)10-19(20)27(23(28)31)14-4-5-14/h2-3,6-7,10-11,14,18H,4-5,8-9,12H2,1H3. The molecule has 2 aromatic carbocycles. The minimum atomic E-state index is -0.860. The molecule has 2 fully saturated rings. The van der Waals surface area contributed by atoms with Gasteiger partial charge in [-0.3, -0.25) is 23.6 Å². The maximum absolute atomic E-state index is 14.4. The molecule has 1 aromatic heterocycles. The number of imidazole rings is 1. The fourth-order valence-corrected chi connectivity index (χ4v) is 4.69.